The van der Waals surface area contributed by atoms with E-state index < -0.39 is 11.8 Å². The molecule has 0 heterocycles. The van der Waals surface area contributed by atoms with Gasteiger partial charge in [0.05, 0.1) is 27.9 Å². The van der Waals surface area contributed by atoms with Gasteiger partial charge in [-0.25, -0.2) is 0 Å². The highest BCUT2D eigenvalue weighted by molar-refractivity contribution is 7.80. The molecule has 0 aliphatic carbocycles. The molecule has 0 aromatic heterocycles. The number of amides is 2. The number of thiocarbonyl (C=S) groups is 1. The lowest BCUT2D eigenvalue weighted by atomic mass is 10.1. The summed E-state index contributed by atoms with van der Waals surface area (Å²) in [5, 5.41) is 2.40. The second-order valence-corrected chi connectivity index (χ2v) is 7.62. The number of methoxy groups -OCH3 is 3. The maximum Gasteiger partial charge on any atom is 0.269 e. The van der Waals surface area contributed by atoms with E-state index in [4.69, 9.17) is 31.2 Å². The van der Waals surface area contributed by atoms with Crippen molar-refractivity contribution in [2.75, 3.05) is 27.9 Å². The van der Waals surface area contributed by atoms with Crippen molar-refractivity contribution in [3.63, 3.8) is 0 Å². The molecule has 0 aliphatic heterocycles. The van der Waals surface area contributed by atoms with E-state index in [2.05, 4.69) is 23.1 Å². The van der Waals surface area contributed by atoms with E-state index in [0.717, 1.165) is 12.8 Å². The van der Waals surface area contributed by atoms with Crippen LogP contribution in [0.25, 0.3) is 0 Å². The van der Waals surface area contributed by atoms with Gasteiger partial charge in [-0.2, -0.15) is 0 Å². The second-order valence-electron chi connectivity index (χ2n) is 7.21. The smallest absolute Gasteiger partial charge is 0.269 e. The van der Waals surface area contributed by atoms with Crippen LogP contribution in [0.15, 0.2) is 36.4 Å². The van der Waals surface area contributed by atoms with Crippen LogP contribution in [0.5, 0.6) is 23.0 Å². The zero-order valence-corrected chi connectivity index (χ0v) is 20.7. The molecule has 0 aliphatic rings. The van der Waals surface area contributed by atoms with Crippen LogP contribution in [0.1, 0.15) is 53.3 Å². The Morgan fingerprint density at radius 3 is 2.03 bits per heavy atom. The highest BCUT2D eigenvalue weighted by Gasteiger charge is 2.18. The molecule has 9 nitrogen and oxygen atoms in total. The van der Waals surface area contributed by atoms with E-state index in [9.17, 15) is 9.59 Å². The highest BCUT2D eigenvalue weighted by atomic mass is 32.1. The highest BCUT2D eigenvalue weighted by Crippen LogP contribution is 2.38. The molecular weight excluding hydrogens is 458 g/mol. The predicted octanol–water partition coefficient (Wildman–Crippen LogP) is 3.62. The number of hydrogen-bond acceptors (Lipinski definition) is 7. The quantitative estimate of drug-likeness (QED) is 0.250. The van der Waals surface area contributed by atoms with Crippen LogP contribution in [-0.4, -0.2) is 44.9 Å². The minimum absolute atomic E-state index is 0.0841. The number of carbonyl (C=O) groups excluding carboxylic acids is 2. The van der Waals surface area contributed by atoms with Crippen LogP contribution in [0.3, 0.4) is 0 Å². The van der Waals surface area contributed by atoms with E-state index in [1.165, 1.54) is 46.3 Å². The van der Waals surface area contributed by atoms with Gasteiger partial charge in [0.15, 0.2) is 16.6 Å². The number of hydrogen-bond donors (Lipinski definition) is 3. The Balaban J connectivity index is 1.86. The fourth-order valence-electron chi connectivity index (χ4n) is 3.03. The van der Waals surface area contributed by atoms with Crippen LogP contribution in [0, 0.1) is 0 Å². The van der Waals surface area contributed by atoms with Gasteiger partial charge >= 0.3 is 0 Å². The number of benzene rings is 2. The molecule has 2 aromatic carbocycles. The molecule has 2 amide bonds. The molecule has 0 spiro atoms. The van der Waals surface area contributed by atoms with Crippen LogP contribution < -0.4 is 35.1 Å². The number of rotatable bonds is 11. The second kappa shape index (κ2) is 13.9. The van der Waals surface area contributed by atoms with Crippen molar-refractivity contribution in [1.29, 1.82) is 0 Å². The van der Waals surface area contributed by atoms with Gasteiger partial charge in [-0.15, -0.1) is 0 Å². The summed E-state index contributed by atoms with van der Waals surface area (Å²) < 4.78 is 21.4. The number of hydrazine groups is 1. The van der Waals surface area contributed by atoms with Crippen molar-refractivity contribution < 1.29 is 28.5 Å². The molecular formula is C24H31N3O6S. The molecule has 0 radical (unpaired) electrons. The van der Waals surface area contributed by atoms with Gasteiger partial charge in [0.1, 0.15) is 5.75 Å². The van der Waals surface area contributed by atoms with E-state index in [0.29, 0.717) is 35.2 Å². The first kappa shape index (κ1) is 26.7. The molecule has 2 aromatic rings. The fourth-order valence-corrected chi connectivity index (χ4v) is 3.17. The molecule has 2 rings (SSSR count). The van der Waals surface area contributed by atoms with Gasteiger partial charge in [0.2, 0.25) is 5.75 Å². The molecule has 10 heteroatoms. The Hall–Kier alpha value is -3.53. The maximum absolute atomic E-state index is 12.6. The van der Waals surface area contributed by atoms with Crippen LogP contribution >= 0.6 is 12.2 Å². The summed E-state index contributed by atoms with van der Waals surface area (Å²) in [6.07, 6.45) is 4.51. The largest absolute Gasteiger partial charge is 0.494 e. The van der Waals surface area contributed by atoms with E-state index >= 15 is 0 Å². The van der Waals surface area contributed by atoms with Gasteiger partial charge in [-0.3, -0.25) is 25.8 Å². The van der Waals surface area contributed by atoms with Gasteiger partial charge in [-0.1, -0.05) is 26.2 Å². The van der Waals surface area contributed by atoms with Gasteiger partial charge in [0.25, 0.3) is 11.8 Å². The predicted molar refractivity (Wildman–Crippen MR) is 133 cm³/mol. The lowest BCUT2D eigenvalue weighted by Crippen LogP contribution is -2.48. The summed E-state index contributed by atoms with van der Waals surface area (Å²) in [6.45, 7) is 2.81. The molecule has 0 bridgehead atoms. The fraction of sp³-hybridized carbons (Fsp3) is 0.375. The minimum atomic E-state index is -0.522. The normalized spacial score (nSPS) is 10.1. The van der Waals surface area contributed by atoms with Crippen molar-refractivity contribution in [2.45, 2.75) is 32.6 Å². The third kappa shape index (κ3) is 7.80. The number of carbonyl (C=O) groups is 2. The molecule has 0 saturated carbocycles. The number of nitrogens with one attached hydrogen (secondary N) is 3. The van der Waals surface area contributed by atoms with E-state index in [1.54, 1.807) is 24.3 Å². The molecule has 0 saturated heterocycles. The van der Waals surface area contributed by atoms with Gasteiger partial charge in [0, 0.05) is 11.1 Å². The Bertz CT molecular complexity index is 956. The van der Waals surface area contributed by atoms with Crippen molar-refractivity contribution in [3.05, 3.63) is 47.5 Å². The van der Waals surface area contributed by atoms with Crippen molar-refractivity contribution in [2.24, 2.45) is 0 Å². The Kier molecular flexibility index (Phi) is 10.9. The molecule has 0 unspecified atom stereocenters. The standard InChI is InChI=1S/C24H31N3O6S/c1-5-6-7-8-13-33-18-11-9-16(10-12-18)23(29)26-27-24(34)25-22(28)17-14-19(30-2)21(32-4)20(15-17)31-3/h9-12,14-15H,5-8,13H2,1-4H3,(H,26,29)(H2,25,27,28,34). The SMILES string of the molecule is CCCCCCOc1ccc(C(=O)NNC(=S)NC(=O)c2cc(OC)c(OC)c(OC)c2)cc1. The first-order valence-electron chi connectivity index (χ1n) is 10.9. The van der Waals surface area contributed by atoms with Crippen molar-refractivity contribution in [1.82, 2.24) is 16.2 Å². The third-order valence-electron chi connectivity index (χ3n) is 4.83. The van der Waals surface area contributed by atoms with Gasteiger partial charge in [-0.05, 0) is 55.0 Å². The lowest BCUT2D eigenvalue weighted by Gasteiger charge is -2.15. The summed E-state index contributed by atoms with van der Waals surface area (Å²) in [5.74, 6) is 0.780. The Morgan fingerprint density at radius 2 is 1.47 bits per heavy atom. The summed E-state index contributed by atoms with van der Waals surface area (Å²) >= 11 is 5.10. The van der Waals surface area contributed by atoms with Crippen molar-refractivity contribution in [3.8, 4) is 23.0 Å². The molecule has 0 fully saturated rings. The number of unbranched alkanes of at least 4 members (excludes halogenated alkanes) is 3. The van der Waals surface area contributed by atoms with Gasteiger partial charge < -0.3 is 18.9 Å². The summed E-state index contributed by atoms with van der Waals surface area (Å²) in [6, 6.07) is 9.75. The Labute approximate surface area is 205 Å². The van der Waals surface area contributed by atoms with E-state index in [1.807, 2.05) is 0 Å². The average molecular weight is 490 g/mol. The number of ether oxygens (including phenoxy) is 4. The van der Waals surface area contributed by atoms with E-state index in [-0.39, 0.29) is 10.7 Å². The molecule has 3 N–H and O–H groups in total. The zero-order valence-electron chi connectivity index (χ0n) is 19.9. The van der Waals surface area contributed by atoms with Crippen LogP contribution in [-0.2, 0) is 0 Å². The van der Waals surface area contributed by atoms with Crippen LogP contribution in [0.2, 0.25) is 0 Å². The zero-order chi connectivity index (χ0) is 24.9. The monoisotopic (exact) mass is 489 g/mol. The minimum Gasteiger partial charge on any atom is -0.494 e. The Morgan fingerprint density at radius 1 is 0.824 bits per heavy atom. The first-order valence-corrected chi connectivity index (χ1v) is 11.3. The lowest BCUT2D eigenvalue weighted by molar-refractivity contribution is 0.0934. The topological polar surface area (TPSA) is 107 Å². The van der Waals surface area contributed by atoms with Crippen molar-refractivity contribution >= 4 is 29.1 Å². The average Bonchev–Trinajstić information content (AvgIpc) is 2.86. The summed E-state index contributed by atoms with van der Waals surface area (Å²) in [4.78, 5) is 24.9. The maximum atomic E-state index is 12.6. The first-order chi connectivity index (χ1) is 16.4. The van der Waals surface area contributed by atoms with Crippen LogP contribution in [0.4, 0.5) is 0 Å². The third-order valence-corrected chi connectivity index (χ3v) is 5.03. The summed E-state index contributed by atoms with van der Waals surface area (Å²) in [5.41, 5.74) is 5.60. The molecule has 34 heavy (non-hydrogen) atoms. The molecule has 184 valence electrons. The molecule has 0 atom stereocenters. The summed E-state index contributed by atoms with van der Waals surface area (Å²) in [7, 11) is 4.37.